The minimum atomic E-state index is -0.328. The summed E-state index contributed by atoms with van der Waals surface area (Å²) in [4.78, 5) is 24.8. The third-order valence-electron chi connectivity index (χ3n) is 1.50. The highest BCUT2D eigenvalue weighted by atomic mass is 35.5. The lowest BCUT2D eigenvalue weighted by molar-refractivity contribution is 0.0987. The first kappa shape index (κ1) is 9.00. The van der Waals surface area contributed by atoms with Gasteiger partial charge in [-0.3, -0.25) is 9.59 Å². The molecule has 0 fully saturated rings. The average molecular weight is 186 g/mol. The largest absolute Gasteiger partial charge is 0.351 e. The quantitative estimate of drug-likeness (QED) is 0.562. The van der Waals surface area contributed by atoms with Crippen LogP contribution in [0.15, 0.2) is 17.1 Å². The van der Waals surface area contributed by atoms with Crippen molar-refractivity contribution in [3.05, 3.63) is 33.2 Å². The Kier molecular flexibility index (Phi) is 2.65. The summed E-state index contributed by atoms with van der Waals surface area (Å²) in [6.07, 6.45) is 1.67. The van der Waals surface area contributed by atoms with Crippen LogP contribution in [0, 0.1) is 0 Å². The summed E-state index contributed by atoms with van der Waals surface area (Å²) in [6, 6.07) is 1.20. The highest BCUT2D eigenvalue weighted by molar-refractivity contribution is 6.29. The fourth-order valence-electron chi connectivity index (χ4n) is 0.855. The average Bonchev–Trinajstić information content (AvgIpc) is 2.03. The molecular formula is C8H8ClNO2. The first-order valence-corrected chi connectivity index (χ1v) is 3.94. The molecule has 1 aromatic heterocycles. The summed E-state index contributed by atoms with van der Waals surface area (Å²) in [6.45, 7) is 1.70. The third kappa shape index (κ3) is 1.74. The van der Waals surface area contributed by atoms with Crippen LogP contribution in [-0.2, 0) is 0 Å². The number of ketones is 1. The molecule has 0 atom stereocenters. The molecule has 0 bridgehead atoms. The number of carbonyl (C=O) groups excluding carboxylic acids is 1. The summed E-state index contributed by atoms with van der Waals surface area (Å²) in [7, 11) is 0. The molecule has 1 aromatic rings. The van der Waals surface area contributed by atoms with E-state index in [2.05, 4.69) is 4.98 Å². The lowest BCUT2D eigenvalue weighted by Crippen LogP contribution is -2.13. The van der Waals surface area contributed by atoms with E-state index in [1.54, 1.807) is 6.92 Å². The topological polar surface area (TPSA) is 49.9 Å². The van der Waals surface area contributed by atoms with Crippen LogP contribution in [0.3, 0.4) is 0 Å². The van der Waals surface area contributed by atoms with Crippen LogP contribution in [-0.4, -0.2) is 10.8 Å². The second kappa shape index (κ2) is 3.54. The van der Waals surface area contributed by atoms with Gasteiger partial charge >= 0.3 is 0 Å². The fraction of sp³-hybridized carbons (Fsp3) is 0.250. The first-order valence-electron chi connectivity index (χ1n) is 3.56. The summed E-state index contributed by atoms with van der Waals surface area (Å²) in [5, 5.41) is 0.243. The van der Waals surface area contributed by atoms with Crippen LogP contribution in [0.4, 0.5) is 0 Å². The molecule has 1 heterocycles. The van der Waals surface area contributed by atoms with Crippen molar-refractivity contribution in [3.8, 4) is 0 Å². The molecule has 0 saturated carbocycles. The molecule has 1 N–H and O–H groups in total. The van der Waals surface area contributed by atoms with Gasteiger partial charge in [-0.1, -0.05) is 18.5 Å². The van der Waals surface area contributed by atoms with Gasteiger partial charge in [0, 0.05) is 18.7 Å². The third-order valence-corrected chi connectivity index (χ3v) is 1.72. The molecule has 12 heavy (non-hydrogen) atoms. The van der Waals surface area contributed by atoms with Crippen LogP contribution < -0.4 is 5.43 Å². The van der Waals surface area contributed by atoms with Crippen LogP contribution in [0.5, 0.6) is 0 Å². The highest BCUT2D eigenvalue weighted by Crippen LogP contribution is 2.01. The van der Waals surface area contributed by atoms with E-state index >= 15 is 0 Å². The number of nitrogens with one attached hydrogen (secondary N) is 1. The smallest absolute Gasteiger partial charge is 0.193 e. The minimum absolute atomic E-state index is 0.168. The van der Waals surface area contributed by atoms with E-state index < -0.39 is 0 Å². The van der Waals surface area contributed by atoms with Crippen molar-refractivity contribution in [1.82, 2.24) is 4.98 Å². The van der Waals surface area contributed by atoms with E-state index in [9.17, 15) is 9.59 Å². The van der Waals surface area contributed by atoms with Gasteiger partial charge in [0.15, 0.2) is 11.2 Å². The SMILES string of the molecule is CCC(=O)c1c[nH]c(Cl)cc1=O. The molecule has 0 saturated heterocycles. The molecule has 0 unspecified atom stereocenters. The molecular weight excluding hydrogens is 178 g/mol. The molecule has 0 aliphatic rings. The minimum Gasteiger partial charge on any atom is -0.351 e. The Morgan fingerprint density at radius 2 is 2.33 bits per heavy atom. The first-order chi connectivity index (χ1) is 5.65. The van der Waals surface area contributed by atoms with Gasteiger partial charge in [-0.15, -0.1) is 0 Å². The number of pyridine rings is 1. The van der Waals surface area contributed by atoms with E-state index in [0.29, 0.717) is 6.42 Å². The predicted octanol–water partition coefficient (Wildman–Crippen LogP) is 1.62. The van der Waals surface area contributed by atoms with Crippen molar-refractivity contribution >= 4 is 17.4 Å². The molecule has 1 rings (SSSR count). The molecule has 0 amide bonds. The molecule has 64 valence electrons. The number of carbonyl (C=O) groups is 1. The van der Waals surface area contributed by atoms with E-state index in [1.165, 1.54) is 12.3 Å². The number of aromatic amines is 1. The van der Waals surface area contributed by atoms with Gasteiger partial charge in [0.2, 0.25) is 0 Å². The number of hydrogen-bond donors (Lipinski definition) is 1. The summed E-state index contributed by atoms with van der Waals surface area (Å²) >= 11 is 5.50. The molecule has 3 nitrogen and oxygen atoms in total. The summed E-state index contributed by atoms with van der Waals surface area (Å²) in [5.74, 6) is -0.173. The molecule has 0 spiro atoms. The Balaban J connectivity index is 3.19. The van der Waals surface area contributed by atoms with Crippen LogP contribution in [0.2, 0.25) is 5.15 Å². The lowest BCUT2D eigenvalue weighted by Gasteiger charge is -1.95. The zero-order valence-corrected chi connectivity index (χ0v) is 7.31. The monoisotopic (exact) mass is 185 g/mol. The van der Waals surface area contributed by atoms with Gasteiger partial charge in [-0.05, 0) is 0 Å². The van der Waals surface area contributed by atoms with Gasteiger partial charge in [0.1, 0.15) is 5.15 Å². The summed E-state index contributed by atoms with van der Waals surface area (Å²) in [5.41, 5.74) is -0.160. The standard InChI is InChI=1S/C8H8ClNO2/c1-2-6(11)5-4-10-8(9)3-7(5)12/h3-4H,2H2,1H3,(H,10,12). The van der Waals surface area contributed by atoms with Crippen LogP contribution >= 0.6 is 11.6 Å². The maximum absolute atomic E-state index is 11.1. The van der Waals surface area contributed by atoms with E-state index in [1.807, 2.05) is 0 Å². The van der Waals surface area contributed by atoms with E-state index in [0.717, 1.165) is 0 Å². The van der Waals surface area contributed by atoms with Crippen molar-refractivity contribution in [1.29, 1.82) is 0 Å². The molecule has 4 heteroatoms. The zero-order valence-electron chi connectivity index (χ0n) is 6.56. The Hall–Kier alpha value is -1.09. The zero-order chi connectivity index (χ0) is 9.14. The molecule has 0 aliphatic heterocycles. The van der Waals surface area contributed by atoms with E-state index in [4.69, 9.17) is 11.6 Å². The summed E-state index contributed by atoms with van der Waals surface area (Å²) < 4.78 is 0. The predicted molar refractivity (Wildman–Crippen MR) is 46.7 cm³/mol. The number of aromatic nitrogens is 1. The number of H-pyrrole nitrogens is 1. The Bertz CT molecular complexity index is 356. The van der Waals surface area contributed by atoms with Crippen LogP contribution in [0.25, 0.3) is 0 Å². The lowest BCUT2D eigenvalue weighted by atomic mass is 10.1. The number of Topliss-reactive ketones (excluding diaryl/α,β-unsaturated/α-hetero) is 1. The van der Waals surface area contributed by atoms with Crippen molar-refractivity contribution in [2.24, 2.45) is 0 Å². The van der Waals surface area contributed by atoms with Gasteiger partial charge in [-0.2, -0.15) is 0 Å². The normalized spacial score (nSPS) is 9.83. The Labute approximate surface area is 74.4 Å². The Morgan fingerprint density at radius 1 is 1.67 bits per heavy atom. The molecule has 0 aromatic carbocycles. The molecule has 0 aliphatic carbocycles. The second-order valence-corrected chi connectivity index (χ2v) is 2.74. The Morgan fingerprint density at radius 3 is 2.83 bits per heavy atom. The van der Waals surface area contributed by atoms with Crippen molar-refractivity contribution in [2.45, 2.75) is 13.3 Å². The van der Waals surface area contributed by atoms with Crippen molar-refractivity contribution < 1.29 is 4.79 Å². The van der Waals surface area contributed by atoms with Crippen molar-refractivity contribution in [3.63, 3.8) is 0 Å². The van der Waals surface area contributed by atoms with Crippen molar-refractivity contribution in [2.75, 3.05) is 0 Å². The van der Waals surface area contributed by atoms with Gasteiger partial charge in [0.05, 0.1) is 5.56 Å². The number of rotatable bonds is 2. The second-order valence-electron chi connectivity index (χ2n) is 2.34. The molecule has 0 radical (unpaired) electrons. The fourth-order valence-corrected chi connectivity index (χ4v) is 1.01. The maximum Gasteiger partial charge on any atom is 0.193 e. The van der Waals surface area contributed by atoms with Gasteiger partial charge < -0.3 is 4.98 Å². The number of hydrogen-bond acceptors (Lipinski definition) is 2. The highest BCUT2D eigenvalue weighted by Gasteiger charge is 2.07. The van der Waals surface area contributed by atoms with Gasteiger partial charge in [-0.25, -0.2) is 0 Å². The number of halogens is 1. The van der Waals surface area contributed by atoms with Gasteiger partial charge in [0.25, 0.3) is 0 Å². The van der Waals surface area contributed by atoms with Crippen LogP contribution in [0.1, 0.15) is 23.7 Å². The maximum atomic E-state index is 11.1. The van der Waals surface area contributed by atoms with E-state index in [-0.39, 0.29) is 21.9 Å².